The summed E-state index contributed by atoms with van der Waals surface area (Å²) in [5.74, 6) is 0.861. The summed E-state index contributed by atoms with van der Waals surface area (Å²) in [4.78, 5) is 15.6. The summed E-state index contributed by atoms with van der Waals surface area (Å²) in [7, 11) is 0. The number of amides is 1. The van der Waals surface area contributed by atoms with Gasteiger partial charge in [0.25, 0.3) is 0 Å². The molecule has 2 rings (SSSR count). The van der Waals surface area contributed by atoms with Crippen molar-refractivity contribution in [3.8, 4) is 0 Å². The Morgan fingerprint density at radius 1 is 1.56 bits per heavy atom. The van der Waals surface area contributed by atoms with Crippen molar-refractivity contribution in [3.63, 3.8) is 0 Å². The third-order valence-electron chi connectivity index (χ3n) is 3.43. The lowest BCUT2D eigenvalue weighted by atomic mass is 9.96. The third-order valence-corrected chi connectivity index (χ3v) is 3.43. The van der Waals surface area contributed by atoms with Gasteiger partial charge in [0.2, 0.25) is 5.91 Å². The minimum absolute atomic E-state index is 0.132. The molecule has 0 saturated carbocycles. The standard InChI is InChI=1S/C13H22N4O/c18-13(4-8-17-9-7-15-11-17)16-6-3-12-2-1-5-14-10-12/h7,9,11-12,14H,1-6,8,10H2,(H,16,18). The highest BCUT2D eigenvalue weighted by Gasteiger charge is 2.12. The molecule has 1 unspecified atom stereocenters. The zero-order valence-corrected chi connectivity index (χ0v) is 10.8. The maximum absolute atomic E-state index is 11.6. The van der Waals surface area contributed by atoms with Crippen LogP contribution < -0.4 is 10.6 Å². The van der Waals surface area contributed by atoms with Crippen LogP contribution in [0.1, 0.15) is 25.7 Å². The molecule has 5 heteroatoms. The largest absolute Gasteiger partial charge is 0.356 e. The fourth-order valence-corrected chi connectivity index (χ4v) is 2.32. The first-order valence-corrected chi connectivity index (χ1v) is 6.78. The van der Waals surface area contributed by atoms with Gasteiger partial charge in [-0.3, -0.25) is 4.79 Å². The van der Waals surface area contributed by atoms with Crippen LogP contribution in [0.5, 0.6) is 0 Å². The number of nitrogens with one attached hydrogen (secondary N) is 2. The molecule has 0 spiro atoms. The highest BCUT2D eigenvalue weighted by Crippen LogP contribution is 2.12. The Kier molecular flexibility index (Phi) is 5.20. The van der Waals surface area contributed by atoms with E-state index in [1.54, 1.807) is 12.5 Å². The molecule has 1 aliphatic rings. The van der Waals surface area contributed by atoms with Gasteiger partial charge in [0, 0.05) is 31.9 Å². The number of hydrogen-bond donors (Lipinski definition) is 2. The van der Waals surface area contributed by atoms with Gasteiger partial charge < -0.3 is 15.2 Å². The molecular formula is C13H22N4O. The number of carbonyl (C=O) groups is 1. The lowest BCUT2D eigenvalue weighted by molar-refractivity contribution is -0.121. The molecule has 2 N–H and O–H groups in total. The quantitative estimate of drug-likeness (QED) is 0.784. The predicted molar refractivity (Wildman–Crippen MR) is 70.1 cm³/mol. The normalized spacial score (nSPS) is 19.7. The maximum atomic E-state index is 11.6. The molecule has 1 aromatic rings. The van der Waals surface area contributed by atoms with E-state index >= 15 is 0 Å². The van der Waals surface area contributed by atoms with E-state index in [1.165, 1.54) is 12.8 Å². The molecule has 0 aliphatic carbocycles. The highest BCUT2D eigenvalue weighted by molar-refractivity contribution is 5.75. The summed E-state index contributed by atoms with van der Waals surface area (Å²) in [5.41, 5.74) is 0. The van der Waals surface area contributed by atoms with Crippen LogP contribution in [0.2, 0.25) is 0 Å². The van der Waals surface area contributed by atoms with Gasteiger partial charge in [-0.15, -0.1) is 0 Å². The molecule has 1 aliphatic heterocycles. The minimum atomic E-state index is 0.132. The Bertz CT molecular complexity index is 344. The first-order valence-electron chi connectivity index (χ1n) is 6.78. The molecular weight excluding hydrogens is 228 g/mol. The first kappa shape index (κ1) is 13.1. The molecule has 0 aromatic carbocycles. The first-order chi connectivity index (χ1) is 8.84. The van der Waals surface area contributed by atoms with Crippen LogP contribution in [0.4, 0.5) is 0 Å². The zero-order valence-electron chi connectivity index (χ0n) is 10.8. The molecule has 1 saturated heterocycles. The van der Waals surface area contributed by atoms with E-state index in [0.717, 1.165) is 32.0 Å². The van der Waals surface area contributed by atoms with Crippen LogP contribution in [-0.2, 0) is 11.3 Å². The Morgan fingerprint density at radius 2 is 2.50 bits per heavy atom. The van der Waals surface area contributed by atoms with Gasteiger partial charge in [-0.1, -0.05) is 0 Å². The molecule has 1 fully saturated rings. The van der Waals surface area contributed by atoms with Crippen LogP contribution >= 0.6 is 0 Å². The molecule has 18 heavy (non-hydrogen) atoms. The second-order valence-corrected chi connectivity index (χ2v) is 4.90. The van der Waals surface area contributed by atoms with Gasteiger partial charge in [0.15, 0.2) is 0 Å². The van der Waals surface area contributed by atoms with Crippen LogP contribution in [0, 0.1) is 5.92 Å². The molecule has 5 nitrogen and oxygen atoms in total. The second-order valence-electron chi connectivity index (χ2n) is 4.90. The number of imidazole rings is 1. The van der Waals surface area contributed by atoms with Crippen LogP contribution in [0.3, 0.4) is 0 Å². The van der Waals surface area contributed by atoms with Crippen molar-refractivity contribution in [2.75, 3.05) is 19.6 Å². The van der Waals surface area contributed by atoms with Crippen molar-refractivity contribution in [2.24, 2.45) is 5.92 Å². The van der Waals surface area contributed by atoms with Gasteiger partial charge in [0.1, 0.15) is 0 Å². The van der Waals surface area contributed by atoms with Gasteiger partial charge in [-0.25, -0.2) is 4.98 Å². The van der Waals surface area contributed by atoms with Crippen molar-refractivity contribution in [1.29, 1.82) is 0 Å². The predicted octanol–water partition coefficient (Wildman–Crippen LogP) is 0.779. The monoisotopic (exact) mass is 250 g/mol. The third kappa shape index (κ3) is 4.49. The number of piperidine rings is 1. The molecule has 100 valence electrons. The SMILES string of the molecule is O=C(CCn1ccnc1)NCCC1CCCNC1. The molecule has 0 radical (unpaired) electrons. The van der Waals surface area contributed by atoms with Crippen LogP contribution in [0.15, 0.2) is 18.7 Å². The zero-order chi connectivity index (χ0) is 12.6. The van der Waals surface area contributed by atoms with Gasteiger partial charge in [0.05, 0.1) is 6.33 Å². The fourth-order valence-electron chi connectivity index (χ4n) is 2.32. The molecule has 2 heterocycles. The van der Waals surface area contributed by atoms with Gasteiger partial charge >= 0.3 is 0 Å². The summed E-state index contributed by atoms with van der Waals surface area (Å²) in [6, 6.07) is 0. The summed E-state index contributed by atoms with van der Waals surface area (Å²) < 4.78 is 1.92. The minimum Gasteiger partial charge on any atom is -0.356 e. The Labute approximate surface area is 108 Å². The topological polar surface area (TPSA) is 59.0 Å². The molecule has 1 aromatic heterocycles. The van der Waals surface area contributed by atoms with Crippen LogP contribution in [-0.4, -0.2) is 35.1 Å². The maximum Gasteiger partial charge on any atom is 0.221 e. The van der Waals surface area contributed by atoms with E-state index in [0.29, 0.717) is 13.0 Å². The van der Waals surface area contributed by atoms with Crippen molar-refractivity contribution < 1.29 is 4.79 Å². The van der Waals surface area contributed by atoms with Gasteiger partial charge in [-0.2, -0.15) is 0 Å². The highest BCUT2D eigenvalue weighted by atomic mass is 16.1. The van der Waals surface area contributed by atoms with E-state index in [-0.39, 0.29) is 5.91 Å². The fraction of sp³-hybridized carbons (Fsp3) is 0.692. The molecule has 1 amide bonds. The Hall–Kier alpha value is -1.36. The lowest BCUT2D eigenvalue weighted by Crippen LogP contribution is -2.33. The summed E-state index contributed by atoms with van der Waals surface area (Å²) in [6.45, 7) is 3.75. The van der Waals surface area contributed by atoms with E-state index in [1.807, 2.05) is 10.8 Å². The summed E-state index contributed by atoms with van der Waals surface area (Å²) >= 11 is 0. The van der Waals surface area contributed by atoms with Crippen molar-refractivity contribution in [2.45, 2.75) is 32.2 Å². The average molecular weight is 250 g/mol. The second kappa shape index (κ2) is 7.16. The smallest absolute Gasteiger partial charge is 0.221 e. The average Bonchev–Trinajstić information content (AvgIpc) is 2.91. The Morgan fingerprint density at radius 3 is 3.22 bits per heavy atom. The van der Waals surface area contributed by atoms with E-state index < -0.39 is 0 Å². The van der Waals surface area contributed by atoms with Crippen molar-refractivity contribution in [1.82, 2.24) is 20.2 Å². The number of nitrogens with zero attached hydrogens (tertiary/aromatic N) is 2. The molecule has 0 bridgehead atoms. The van der Waals surface area contributed by atoms with Crippen molar-refractivity contribution >= 4 is 5.91 Å². The van der Waals surface area contributed by atoms with Crippen LogP contribution in [0.25, 0.3) is 0 Å². The summed E-state index contributed by atoms with van der Waals surface area (Å²) in [5, 5.41) is 6.39. The molecule has 1 atom stereocenters. The number of aromatic nitrogens is 2. The summed E-state index contributed by atoms with van der Waals surface area (Å²) in [6.07, 6.45) is 9.51. The lowest BCUT2D eigenvalue weighted by Gasteiger charge is -2.22. The Balaban J connectivity index is 1.54. The van der Waals surface area contributed by atoms with E-state index in [9.17, 15) is 4.79 Å². The number of hydrogen-bond acceptors (Lipinski definition) is 3. The number of aryl methyl sites for hydroxylation is 1. The van der Waals surface area contributed by atoms with E-state index in [2.05, 4.69) is 15.6 Å². The van der Waals surface area contributed by atoms with Gasteiger partial charge in [-0.05, 0) is 38.3 Å². The number of rotatable bonds is 6. The number of carbonyl (C=O) groups excluding carboxylic acids is 1. The van der Waals surface area contributed by atoms with E-state index in [4.69, 9.17) is 0 Å². The van der Waals surface area contributed by atoms with Crippen molar-refractivity contribution in [3.05, 3.63) is 18.7 Å².